The van der Waals surface area contributed by atoms with Crippen molar-refractivity contribution in [3.05, 3.63) is 23.8 Å². The van der Waals surface area contributed by atoms with Gasteiger partial charge in [-0.05, 0) is 18.2 Å². The first-order chi connectivity index (χ1) is 8.38. The predicted molar refractivity (Wildman–Crippen MR) is 64.4 cm³/mol. The molecular weight excluding hydrogens is 265 g/mol. The Morgan fingerprint density at radius 2 is 2.06 bits per heavy atom. The molecule has 2 atom stereocenters. The van der Waals surface area contributed by atoms with Crippen LogP contribution in [0.2, 0.25) is 0 Å². The highest BCUT2D eigenvalue weighted by Gasteiger charge is 2.31. The second-order valence-corrected chi connectivity index (χ2v) is 5.41. The maximum Gasteiger partial charge on any atom is 0.416 e. The van der Waals surface area contributed by atoms with Gasteiger partial charge in [-0.3, -0.25) is 0 Å². The van der Waals surface area contributed by atoms with Crippen LogP contribution in [0.3, 0.4) is 0 Å². The van der Waals surface area contributed by atoms with Gasteiger partial charge >= 0.3 is 6.18 Å². The summed E-state index contributed by atoms with van der Waals surface area (Å²) in [6, 6.07) is 3.29. The van der Waals surface area contributed by atoms with Crippen LogP contribution in [-0.4, -0.2) is 29.5 Å². The van der Waals surface area contributed by atoms with Gasteiger partial charge in [-0.1, -0.05) is 0 Å². The summed E-state index contributed by atoms with van der Waals surface area (Å²) in [4.78, 5) is 0.566. The van der Waals surface area contributed by atoms with Crippen LogP contribution in [0.1, 0.15) is 5.56 Å². The lowest BCUT2D eigenvalue weighted by Gasteiger charge is -2.15. The summed E-state index contributed by atoms with van der Waals surface area (Å²) in [5.74, 6) is 0. The molecule has 0 spiro atoms. The number of rotatable bonds is 2. The van der Waals surface area contributed by atoms with Crippen LogP contribution >= 0.6 is 11.8 Å². The number of alkyl halides is 3. The highest BCUT2D eigenvalue weighted by Crippen LogP contribution is 2.36. The predicted octanol–water partition coefficient (Wildman–Crippen LogP) is 1.71. The first-order valence-electron chi connectivity index (χ1n) is 5.40. The Bertz CT molecular complexity index is 439. The molecule has 3 nitrogen and oxygen atoms in total. The summed E-state index contributed by atoms with van der Waals surface area (Å²) in [5, 5.41) is 12.5. The average molecular weight is 278 g/mol. The Labute approximate surface area is 107 Å². The lowest BCUT2D eigenvalue weighted by Crippen LogP contribution is -2.20. The molecule has 0 aromatic heterocycles. The molecule has 0 bridgehead atoms. The maximum atomic E-state index is 12.5. The standard InChI is InChI=1S/C11H13F3N2OS/c12-11(13,14)6-1-2-9(7(15)3-6)18-10-5-16-4-8(10)17/h1-3,8,10,16-17H,4-5,15H2. The fraction of sp³-hybridized carbons (Fsp3) is 0.455. The van der Waals surface area contributed by atoms with Crippen molar-refractivity contribution in [1.29, 1.82) is 0 Å². The first-order valence-corrected chi connectivity index (χ1v) is 6.28. The number of nitrogen functional groups attached to an aromatic ring is 1. The third-order valence-corrected chi connectivity index (χ3v) is 4.15. The van der Waals surface area contributed by atoms with Crippen molar-refractivity contribution in [2.75, 3.05) is 18.8 Å². The molecule has 2 rings (SSSR count). The molecule has 7 heteroatoms. The van der Waals surface area contributed by atoms with Crippen molar-refractivity contribution in [1.82, 2.24) is 5.32 Å². The quantitative estimate of drug-likeness (QED) is 0.721. The molecule has 2 unspecified atom stereocenters. The van der Waals surface area contributed by atoms with Gasteiger partial charge in [-0.2, -0.15) is 13.2 Å². The number of hydrogen-bond acceptors (Lipinski definition) is 4. The SMILES string of the molecule is Nc1cc(C(F)(F)F)ccc1SC1CNCC1O. The van der Waals surface area contributed by atoms with E-state index in [2.05, 4.69) is 5.32 Å². The molecule has 1 aliphatic heterocycles. The number of nitrogens with one attached hydrogen (secondary N) is 1. The number of hydrogen-bond donors (Lipinski definition) is 3. The number of halogens is 3. The highest BCUT2D eigenvalue weighted by molar-refractivity contribution is 8.00. The van der Waals surface area contributed by atoms with E-state index in [1.807, 2.05) is 0 Å². The lowest BCUT2D eigenvalue weighted by molar-refractivity contribution is -0.137. The van der Waals surface area contributed by atoms with Crippen molar-refractivity contribution in [3.63, 3.8) is 0 Å². The number of β-amino-alcohol motifs (C(OH)–C–C–N with tert-alkyl or cyclic N) is 1. The largest absolute Gasteiger partial charge is 0.416 e. The van der Waals surface area contributed by atoms with E-state index in [-0.39, 0.29) is 10.9 Å². The van der Waals surface area contributed by atoms with Gasteiger partial charge in [0.25, 0.3) is 0 Å². The van der Waals surface area contributed by atoms with Gasteiger partial charge in [0.1, 0.15) is 0 Å². The van der Waals surface area contributed by atoms with Crippen molar-refractivity contribution in [2.45, 2.75) is 22.4 Å². The normalized spacial score (nSPS) is 24.4. The van der Waals surface area contributed by atoms with E-state index >= 15 is 0 Å². The zero-order valence-corrected chi connectivity index (χ0v) is 10.2. The summed E-state index contributed by atoms with van der Waals surface area (Å²) in [6.45, 7) is 1.12. The number of aliphatic hydroxyl groups is 1. The molecule has 18 heavy (non-hydrogen) atoms. The van der Waals surface area contributed by atoms with Gasteiger partial charge < -0.3 is 16.2 Å². The van der Waals surface area contributed by atoms with Crippen molar-refractivity contribution in [3.8, 4) is 0 Å². The fourth-order valence-electron chi connectivity index (χ4n) is 1.76. The highest BCUT2D eigenvalue weighted by atomic mass is 32.2. The minimum atomic E-state index is -4.38. The van der Waals surface area contributed by atoms with E-state index in [4.69, 9.17) is 5.73 Å². The smallest absolute Gasteiger partial charge is 0.398 e. The Kier molecular flexibility index (Phi) is 3.74. The zero-order chi connectivity index (χ0) is 13.3. The monoisotopic (exact) mass is 278 g/mol. The summed E-state index contributed by atoms with van der Waals surface area (Å²) in [7, 11) is 0. The Morgan fingerprint density at radius 3 is 2.56 bits per heavy atom. The van der Waals surface area contributed by atoms with Gasteiger partial charge in [-0.15, -0.1) is 11.8 Å². The third-order valence-electron chi connectivity index (χ3n) is 2.74. The number of aliphatic hydroxyl groups excluding tert-OH is 1. The molecular formula is C11H13F3N2OS. The molecule has 1 saturated heterocycles. The first kappa shape index (κ1) is 13.5. The van der Waals surface area contributed by atoms with Crippen molar-refractivity contribution < 1.29 is 18.3 Å². The molecule has 1 aromatic carbocycles. The topological polar surface area (TPSA) is 58.3 Å². The molecule has 1 heterocycles. The molecule has 0 amide bonds. The van der Waals surface area contributed by atoms with Crippen LogP contribution in [0.15, 0.2) is 23.1 Å². The third kappa shape index (κ3) is 2.90. The van der Waals surface area contributed by atoms with Crippen molar-refractivity contribution in [2.24, 2.45) is 0 Å². The average Bonchev–Trinajstić information content (AvgIpc) is 2.66. The molecule has 0 aliphatic carbocycles. The number of thioether (sulfide) groups is 1. The van der Waals surface area contributed by atoms with E-state index in [1.54, 1.807) is 0 Å². The van der Waals surface area contributed by atoms with Crippen molar-refractivity contribution >= 4 is 17.4 Å². The summed E-state index contributed by atoms with van der Waals surface area (Å²) in [5.41, 5.74) is 4.96. The van der Waals surface area contributed by atoms with Crippen LogP contribution in [0.25, 0.3) is 0 Å². The second kappa shape index (κ2) is 4.99. The number of anilines is 1. The van der Waals surface area contributed by atoms with Crippen LogP contribution in [0.5, 0.6) is 0 Å². The second-order valence-electron chi connectivity index (χ2n) is 4.13. The maximum absolute atomic E-state index is 12.5. The van der Waals surface area contributed by atoms with Gasteiger partial charge in [0.2, 0.25) is 0 Å². The molecule has 1 aromatic rings. The lowest BCUT2D eigenvalue weighted by atomic mass is 10.2. The van der Waals surface area contributed by atoms with Gasteiger partial charge in [-0.25, -0.2) is 0 Å². The van der Waals surface area contributed by atoms with Gasteiger partial charge in [0.15, 0.2) is 0 Å². The number of nitrogens with two attached hydrogens (primary N) is 1. The van der Waals surface area contributed by atoms with E-state index in [9.17, 15) is 18.3 Å². The molecule has 1 fully saturated rings. The summed E-state index contributed by atoms with van der Waals surface area (Å²) < 4.78 is 37.4. The molecule has 100 valence electrons. The van der Waals surface area contributed by atoms with Crippen LogP contribution in [0.4, 0.5) is 18.9 Å². The minimum Gasteiger partial charge on any atom is -0.398 e. The fourth-order valence-corrected chi connectivity index (χ4v) is 2.88. The van der Waals surface area contributed by atoms with E-state index in [0.717, 1.165) is 12.1 Å². The van der Waals surface area contributed by atoms with Crippen LogP contribution in [-0.2, 0) is 6.18 Å². The van der Waals surface area contributed by atoms with Crippen LogP contribution in [0, 0.1) is 0 Å². The molecule has 0 radical (unpaired) electrons. The zero-order valence-electron chi connectivity index (χ0n) is 9.37. The van der Waals surface area contributed by atoms with E-state index in [1.165, 1.54) is 17.8 Å². The Hall–Kier alpha value is -0.920. The van der Waals surface area contributed by atoms with Gasteiger partial charge in [0.05, 0.1) is 11.7 Å². The molecule has 4 N–H and O–H groups in total. The Morgan fingerprint density at radius 1 is 1.33 bits per heavy atom. The van der Waals surface area contributed by atoms with Gasteiger partial charge in [0, 0.05) is 28.9 Å². The number of benzene rings is 1. The van der Waals surface area contributed by atoms with E-state index in [0.29, 0.717) is 18.0 Å². The van der Waals surface area contributed by atoms with Crippen LogP contribution < -0.4 is 11.1 Å². The Balaban J connectivity index is 2.15. The molecule has 1 aliphatic rings. The minimum absolute atomic E-state index is 0.0796. The van der Waals surface area contributed by atoms with E-state index < -0.39 is 17.8 Å². The molecule has 0 saturated carbocycles. The summed E-state index contributed by atoms with van der Waals surface area (Å²) in [6.07, 6.45) is -4.89. The summed E-state index contributed by atoms with van der Waals surface area (Å²) >= 11 is 1.30.